The van der Waals surface area contributed by atoms with E-state index in [9.17, 15) is 0 Å². The molecular weight excluding hydrogens is 375 g/mol. The molecule has 3 aromatic carbocycles. The van der Waals surface area contributed by atoms with Crippen molar-refractivity contribution in [1.82, 2.24) is 4.98 Å². The van der Waals surface area contributed by atoms with E-state index in [1.807, 2.05) is 54.6 Å². The largest absolute Gasteiger partial charge is 0.380 e. The third-order valence-electron chi connectivity index (χ3n) is 5.23. The van der Waals surface area contributed by atoms with Crippen molar-refractivity contribution < 1.29 is 9.13 Å². The third kappa shape index (κ3) is 4.22. The molecule has 0 saturated heterocycles. The number of aromatic nitrogens is 1. The second-order valence-corrected chi connectivity index (χ2v) is 7.27. The van der Waals surface area contributed by atoms with Gasteiger partial charge in [-0.3, -0.25) is 4.98 Å². The standard InChI is InChI=1S/C26H21FN2O/c1-30-17-20-7-13-25(29-16-20)23-11-12-24-22(14-23)10-9-21(26(24)27)8-6-18-2-4-19(15-28)5-3-18/h2-5,7,9-14,16H,6,8,17H2,1H3. The number of fused-ring (bicyclic) bond motifs is 1. The summed E-state index contributed by atoms with van der Waals surface area (Å²) in [4.78, 5) is 4.50. The molecule has 0 spiro atoms. The maximum Gasteiger partial charge on any atom is 0.134 e. The van der Waals surface area contributed by atoms with Crippen LogP contribution in [-0.4, -0.2) is 12.1 Å². The SMILES string of the molecule is COCc1ccc(-c2ccc3c(F)c(CCc4ccc(C#N)cc4)ccc3c2)nc1. The first-order valence-corrected chi connectivity index (χ1v) is 9.82. The average molecular weight is 396 g/mol. The summed E-state index contributed by atoms with van der Waals surface area (Å²) >= 11 is 0. The van der Waals surface area contributed by atoms with Gasteiger partial charge in [-0.05, 0) is 59.2 Å². The van der Waals surface area contributed by atoms with E-state index in [1.165, 1.54) is 0 Å². The summed E-state index contributed by atoms with van der Waals surface area (Å²) in [6, 6.07) is 23.0. The van der Waals surface area contributed by atoms with Gasteiger partial charge in [0.15, 0.2) is 0 Å². The number of aryl methyl sites for hydroxylation is 2. The van der Waals surface area contributed by atoms with Gasteiger partial charge >= 0.3 is 0 Å². The van der Waals surface area contributed by atoms with E-state index in [2.05, 4.69) is 11.1 Å². The predicted octanol–water partition coefficient (Wildman–Crippen LogP) is 5.84. The van der Waals surface area contributed by atoms with Crippen LogP contribution in [0.3, 0.4) is 0 Å². The first-order valence-electron chi connectivity index (χ1n) is 9.82. The Hall–Kier alpha value is -3.55. The number of nitrogens with zero attached hydrogens (tertiary/aromatic N) is 2. The lowest BCUT2D eigenvalue weighted by Gasteiger charge is -2.09. The fraction of sp³-hybridized carbons (Fsp3) is 0.154. The Morgan fingerprint density at radius 2 is 1.73 bits per heavy atom. The number of methoxy groups -OCH3 is 1. The number of pyridine rings is 1. The summed E-state index contributed by atoms with van der Waals surface area (Å²) in [6.07, 6.45) is 3.14. The molecule has 0 bridgehead atoms. The minimum Gasteiger partial charge on any atom is -0.380 e. The maximum atomic E-state index is 15.1. The topological polar surface area (TPSA) is 45.9 Å². The normalized spacial score (nSPS) is 10.8. The first kappa shape index (κ1) is 19.8. The van der Waals surface area contributed by atoms with Crippen LogP contribution in [-0.2, 0) is 24.2 Å². The summed E-state index contributed by atoms with van der Waals surface area (Å²) in [5, 5.41) is 10.4. The summed E-state index contributed by atoms with van der Waals surface area (Å²) in [5.41, 5.74) is 5.24. The van der Waals surface area contributed by atoms with Gasteiger partial charge in [0.1, 0.15) is 5.82 Å². The number of hydrogen-bond donors (Lipinski definition) is 0. The maximum absolute atomic E-state index is 15.1. The van der Waals surface area contributed by atoms with Gasteiger partial charge in [0.25, 0.3) is 0 Å². The monoisotopic (exact) mass is 396 g/mol. The van der Waals surface area contributed by atoms with E-state index < -0.39 is 0 Å². The van der Waals surface area contributed by atoms with Crippen LogP contribution in [0.4, 0.5) is 4.39 Å². The van der Waals surface area contributed by atoms with E-state index in [-0.39, 0.29) is 5.82 Å². The van der Waals surface area contributed by atoms with Crippen molar-refractivity contribution in [3.63, 3.8) is 0 Å². The molecule has 0 saturated carbocycles. The summed E-state index contributed by atoms with van der Waals surface area (Å²) in [6.45, 7) is 0.529. The molecule has 0 atom stereocenters. The number of rotatable bonds is 6. The van der Waals surface area contributed by atoms with Crippen LogP contribution in [0.5, 0.6) is 0 Å². The minimum absolute atomic E-state index is 0.170. The highest BCUT2D eigenvalue weighted by Gasteiger charge is 2.10. The van der Waals surface area contributed by atoms with Crippen LogP contribution in [0.25, 0.3) is 22.0 Å². The molecule has 148 valence electrons. The van der Waals surface area contributed by atoms with Crippen molar-refractivity contribution in [3.8, 4) is 17.3 Å². The molecular formula is C26H21FN2O. The van der Waals surface area contributed by atoms with E-state index in [4.69, 9.17) is 10.00 Å². The molecule has 0 unspecified atom stereocenters. The molecule has 0 radical (unpaired) electrons. The zero-order valence-corrected chi connectivity index (χ0v) is 16.7. The van der Waals surface area contributed by atoms with Gasteiger partial charge in [0, 0.05) is 24.3 Å². The fourth-order valence-electron chi connectivity index (χ4n) is 3.56. The van der Waals surface area contributed by atoms with Crippen molar-refractivity contribution in [2.45, 2.75) is 19.4 Å². The van der Waals surface area contributed by atoms with Crippen LogP contribution in [0.15, 0.2) is 72.9 Å². The van der Waals surface area contributed by atoms with Gasteiger partial charge in [0.05, 0.1) is 23.9 Å². The molecule has 0 fully saturated rings. The molecule has 0 aliphatic heterocycles. The number of benzene rings is 3. The molecule has 1 heterocycles. The molecule has 4 heteroatoms. The highest BCUT2D eigenvalue weighted by molar-refractivity contribution is 5.88. The zero-order valence-electron chi connectivity index (χ0n) is 16.7. The summed E-state index contributed by atoms with van der Waals surface area (Å²) < 4.78 is 20.2. The van der Waals surface area contributed by atoms with Crippen LogP contribution in [0.1, 0.15) is 22.3 Å². The molecule has 0 aliphatic rings. The fourth-order valence-corrected chi connectivity index (χ4v) is 3.56. The van der Waals surface area contributed by atoms with Gasteiger partial charge < -0.3 is 4.74 Å². The van der Waals surface area contributed by atoms with Crippen LogP contribution < -0.4 is 0 Å². The highest BCUT2D eigenvalue weighted by atomic mass is 19.1. The smallest absolute Gasteiger partial charge is 0.134 e. The third-order valence-corrected chi connectivity index (χ3v) is 5.23. The minimum atomic E-state index is -0.170. The lowest BCUT2D eigenvalue weighted by Crippen LogP contribution is -1.96. The Morgan fingerprint density at radius 1 is 0.933 bits per heavy atom. The van der Waals surface area contributed by atoms with Gasteiger partial charge in [-0.25, -0.2) is 4.39 Å². The van der Waals surface area contributed by atoms with Crippen molar-refractivity contribution in [2.24, 2.45) is 0 Å². The molecule has 0 amide bonds. The Morgan fingerprint density at radius 3 is 2.43 bits per heavy atom. The van der Waals surface area contributed by atoms with Gasteiger partial charge in [-0.2, -0.15) is 5.26 Å². The summed E-state index contributed by atoms with van der Waals surface area (Å²) in [7, 11) is 1.66. The van der Waals surface area contributed by atoms with Crippen molar-refractivity contribution >= 4 is 10.8 Å². The molecule has 1 aromatic heterocycles. The summed E-state index contributed by atoms with van der Waals surface area (Å²) in [5.74, 6) is -0.170. The predicted molar refractivity (Wildman–Crippen MR) is 116 cm³/mol. The molecule has 0 aliphatic carbocycles. The van der Waals surface area contributed by atoms with Crippen LogP contribution in [0, 0.1) is 17.1 Å². The second kappa shape index (κ2) is 8.86. The Balaban J connectivity index is 1.55. The van der Waals surface area contributed by atoms with Crippen molar-refractivity contribution in [3.05, 3.63) is 101 Å². The molecule has 4 rings (SSSR count). The number of nitriles is 1. The van der Waals surface area contributed by atoms with Gasteiger partial charge in [-0.15, -0.1) is 0 Å². The molecule has 0 N–H and O–H groups in total. The van der Waals surface area contributed by atoms with Crippen LogP contribution in [0.2, 0.25) is 0 Å². The lowest BCUT2D eigenvalue weighted by molar-refractivity contribution is 0.184. The van der Waals surface area contributed by atoms with Gasteiger partial charge in [0.2, 0.25) is 0 Å². The van der Waals surface area contributed by atoms with Crippen molar-refractivity contribution in [1.29, 1.82) is 5.26 Å². The zero-order chi connectivity index (χ0) is 20.9. The first-order chi connectivity index (χ1) is 14.7. The average Bonchev–Trinajstić information content (AvgIpc) is 2.79. The number of halogens is 1. The van der Waals surface area contributed by atoms with Gasteiger partial charge in [-0.1, -0.05) is 42.5 Å². The van der Waals surface area contributed by atoms with E-state index >= 15 is 4.39 Å². The Bertz CT molecular complexity index is 1210. The van der Waals surface area contributed by atoms with Crippen LogP contribution >= 0.6 is 0 Å². The van der Waals surface area contributed by atoms with E-state index in [0.717, 1.165) is 34.2 Å². The Labute approximate surface area is 175 Å². The van der Waals surface area contributed by atoms with Crippen molar-refractivity contribution in [2.75, 3.05) is 7.11 Å². The number of hydrogen-bond acceptors (Lipinski definition) is 3. The van der Waals surface area contributed by atoms with E-state index in [0.29, 0.717) is 29.5 Å². The molecule has 30 heavy (non-hydrogen) atoms. The van der Waals surface area contributed by atoms with E-state index in [1.54, 1.807) is 25.4 Å². The quantitative estimate of drug-likeness (QED) is 0.411. The number of ether oxygens (including phenoxy) is 1. The lowest BCUT2D eigenvalue weighted by atomic mass is 9.98. The molecule has 4 aromatic rings. The highest BCUT2D eigenvalue weighted by Crippen LogP contribution is 2.27. The Kier molecular flexibility index (Phi) is 5.83. The molecule has 3 nitrogen and oxygen atoms in total. The second-order valence-electron chi connectivity index (χ2n) is 7.27.